The highest BCUT2D eigenvalue weighted by molar-refractivity contribution is 5.63. The number of carbonyl (C=O) groups is 1. The van der Waals surface area contributed by atoms with Gasteiger partial charge in [-0.2, -0.15) is 26.3 Å². The van der Waals surface area contributed by atoms with Crippen LogP contribution in [0.5, 0.6) is 0 Å². The van der Waals surface area contributed by atoms with Gasteiger partial charge in [0, 0.05) is 0 Å². The maximum atomic E-state index is 12.2. The molecule has 0 amide bonds. The number of aldehydes is 1. The summed E-state index contributed by atoms with van der Waals surface area (Å²) in [5, 5.41) is 0. The van der Waals surface area contributed by atoms with Crippen LogP contribution in [0, 0.1) is 11.3 Å². The molecule has 0 unspecified atom stereocenters. The van der Waals surface area contributed by atoms with Crippen LogP contribution in [0.2, 0.25) is 0 Å². The Morgan fingerprint density at radius 1 is 0.929 bits per heavy atom. The van der Waals surface area contributed by atoms with Crippen LogP contribution < -0.4 is 0 Å². The first-order valence-corrected chi connectivity index (χ1v) is 3.60. The van der Waals surface area contributed by atoms with E-state index in [4.69, 9.17) is 0 Å². The molecule has 84 valence electrons. The van der Waals surface area contributed by atoms with E-state index in [9.17, 15) is 31.1 Å². The van der Waals surface area contributed by atoms with Crippen LogP contribution in [0.25, 0.3) is 0 Å². The molecule has 0 rings (SSSR count). The topological polar surface area (TPSA) is 17.1 Å². The van der Waals surface area contributed by atoms with E-state index in [1.807, 2.05) is 0 Å². The van der Waals surface area contributed by atoms with E-state index in [1.165, 1.54) is 0 Å². The van der Waals surface area contributed by atoms with E-state index in [0.29, 0.717) is 13.8 Å². The molecule has 0 aliphatic rings. The highest BCUT2D eigenvalue weighted by Gasteiger charge is 2.72. The lowest BCUT2D eigenvalue weighted by Gasteiger charge is -2.35. The van der Waals surface area contributed by atoms with Gasteiger partial charge < -0.3 is 4.79 Å². The maximum absolute atomic E-state index is 12.2. The summed E-state index contributed by atoms with van der Waals surface area (Å²) >= 11 is 0. The highest BCUT2D eigenvalue weighted by Crippen LogP contribution is 2.53. The summed E-state index contributed by atoms with van der Waals surface area (Å²) in [6, 6.07) is 0. The summed E-state index contributed by atoms with van der Waals surface area (Å²) in [6.45, 7) is 1.41. The molecule has 0 heterocycles. The molecule has 0 aliphatic heterocycles. The predicted octanol–water partition coefficient (Wildman–Crippen LogP) is 2.95. The minimum absolute atomic E-state index is 0.704. The molecule has 0 spiro atoms. The molecule has 0 aromatic heterocycles. The second kappa shape index (κ2) is 3.43. The van der Waals surface area contributed by atoms with Gasteiger partial charge in [-0.3, -0.25) is 0 Å². The zero-order valence-electron chi connectivity index (χ0n) is 7.33. The Hall–Kier alpha value is -0.750. The third kappa shape index (κ3) is 1.72. The molecule has 0 aromatic carbocycles. The van der Waals surface area contributed by atoms with E-state index in [-0.39, 0.29) is 0 Å². The summed E-state index contributed by atoms with van der Waals surface area (Å²) in [7, 11) is 0. The Kier molecular flexibility index (Phi) is 3.25. The molecule has 7 heteroatoms. The van der Waals surface area contributed by atoms with Crippen molar-refractivity contribution in [2.45, 2.75) is 26.2 Å². The first kappa shape index (κ1) is 13.2. The molecule has 1 nitrogen and oxygen atoms in total. The number of hydrogen-bond donors (Lipinski definition) is 0. The highest BCUT2D eigenvalue weighted by atomic mass is 19.4. The Balaban J connectivity index is 5.57. The third-order valence-corrected chi connectivity index (χ3v) is 2.03. The number of hydrogen-bond acceptors (Lipinski definition) is 1. The SMILES string of the molecule is CC(C)C(C=O)(C(F)(F)F)C(F)(F)F. The molecular formula is C7H8F6O. The number of alkyl halides is 6. The van der Waals surface area contributed by atoms with Gasteiger partial charge in [0.25, 0.3) is 0 Å². The Morgan fingerprint density at radius 2 is 1.21 bits per heavy atom. The predicted molar refractivity (Wildman–Crippen MR) is 35.4 cm³/mol. The van der Waals surface area contributed by atoms with Crippen molar-refractivity contribution in [3.8, 4) is 0 Å². The van der Waals surface area contributed by atoms with Gasteiger partial charge in [-0.15, -0.1) is 0 Å². The lowest BCUT2D eigenvalue weighted by molar-refractivity contribution is -0.333. The van der Waals surface area contributed by atoms with Gasteiger partial charge in [0.15, 0.2) is 0 Å². The van der Waals surface area contributed by atoms with Crippen molar-refractivity contribution >= 4 is 6.29 Å². The standard InChI is InChI=1S/C7H8F6O/c1-4(2)5(3-14,6(8,9)10)7(11,12)13/h3-4H,1-2H3. The van der Waals surface area contributed by atoms with E-state index in [2.05, 4.69) is 0 Å². The maximum Gasteiger partial charge on any atom is 0.410 e. The molecule has 0 saturated carbocycles. The van der Waals surface area contributed by atoms with Crippen molar-refractivity contribution in [3.63, 3.8) is 0 Å². The summed E-state index contributed by atoms with van der Waals surface area (Å²) in [5.74, 6) is -1.89. The van der Waals surface area contributed by atoms with Crippen LogP contribution >= 0.6 is 0 Å². The van der Waals surface area contributed by atoms with E-state index in [1.54, 1.807) is 0 Å². The molecule has 14 heavy (non-hydrogen) atoms. The fourth-order valence-corrected chi connectivity index (χ4v) is 1.09. The molecule has 0 aliphatic carbocycles. The van der Waals surface area contributed by atoms with E-state index >= 15 is 0 Å². The summed E-state index contributed by atoms with van der Waals surface area (Å²) in [4.78, 5) is 10.1. The lowest BCUT2D eigenvalue weighted by Crippen LogP contribution is -2.54. The molecule has 0 saturated heterocycles. The van der Waals surface area contributed by atoms with E-state index in [0.717, 1.165) is 0 Å². The van der Waals surface area contributed by atoms with Gasteiger partial charge in [-0.25, -0.2) is 0 Å². The Labute approximate surface area is 76.1 Å². The molecule has 0 N–H and O–H groups in total. The molecule has 0 bridgehead atoms. The lowest BCUT2D eigenvalue weighted by atomic mass is 9.77. The molecule has 0 fully saturated rings. The molecule has 0 radical (unpaired) electrons. The first-order chi connectivity index (χ1) is 6.00. The fourth-order valence-electron chi connectivity index (χ4n) is 1.09. The minimum Gasteiger partial charge on any atom is -0.302 e. The molecular weight excluding hydrogens is 214 g/mol. The average molecular weight is 222 g/mol. The van der Waals surface area contributed by atoms with Crippen LogP contribution in [0.4, 0.5) is 26.3 Å². The average Bonchev–Trinajstić information content (AvgIpc) is 1.80. The van der Waals surface area contributed by atoms with Crippen LogP contribution in [0.15, 0.2) is 0 Å². The van der Waals surface area contributed by atoms with Gasteiger partial charge >= 0.3 is 12.4 Å². The molecule has 0 aromatic rings. The Morgan fingerprint density at radius 3 is 1.21 bits per heavy atom. The molecule has 0 atom stereocenters. The normalized spacial score (nSPS) is 14.6. The largest absolute Gasteiger partial charge is 0.410 e. The van der Waals surface area contributed by atoms with Crippen molar-refractivity contribution in [3.05, 3.63) is 0 Å². The van der Waals surface area contributed by atoms with Crippen molar-refractivity contribution < 1.29 is 31.1 Å². The monoisotopic (exact) mass is 222 g/mol. The number of rotatable bonds is 2. The van der Waals surface area contributed by atoms with Crippen molar-refractivity contribution in [1.29, 1.82) is 0 Å². The smallest absolute Gasteiger partial charge is 0.302 e. The van der Waals surface area contributed by atoms with Crippen molar-refractivity contribution in [2.24, 2.45) is 11.3 Å². The second-order valence-corrected chi connectivity index (χ2v) is 3.14. The van der Waals surface area contributed by atoms with Crippen LogP contribution in [0.1, 0.15) is 13.8 Å². The summed E-state index contributed by atoms with van der Waals surface area (Å²) < 4.78 is 73.0. The fraction of sp³-hybridized carbons (Fsp3) is 0.857. The minimum atomic E-state index is -5.62. The van der Waals surface area contributed by atoms with Gasteiger partial charge in [0.1, 0.15) is 6.29 Å². The van der Waals surface area contributed by atoms with Crippen molar-refractivity contribution in [2.75, 3.05) is 0 Å². The first-order valence-electron chi connectivity index (χ1n) is 3.60. The summed E-state index contributed by atoms with van der Waals surface area (Å²) in [6.07, 6.45) is -12.3. The Bertz CT molecular complexity index is 199. The van der Waals surface area contributed by atoms with Gasteiger partial charge in [0.05, 0.1) is 0 Å². The van der Waals surface area contributed by atoms with Gasteiger partial charge in [-0.05, 0) is 5.92 Å². The number of halogens is 6. The second-order valence-electron chi connectivity index (χ2n) is 3.14. The summed E-state index contributed by atoms with van der Waals surface area (Å²) in [5.41, 5.74) is -4.26. The zero-order chi connectivity index (χ0) is 11.8. The van der Waals surface area contributed by atoms with Crippen LogP contribution in [0.3, 0.4) is 0 Å². The van der Waals surface area contributed by atoms with Gasteiger partial charge in [0.2, 0.25) is 5.41 Å². The van der Waals surface area contributed by atoms with Crippen LogP contribution in [-0.4, -0.2) is 18.6 Å². The zero-order valence-corrected chi connectivity index (χ0v) is 7.33. The third-order valence-electron chi connectivity index (χ3n) is 2.03. The number of carbonyl (C=O) groups excluding carboxylic acids is 1. The quantitative estimate of drug-likeness (QED) is 0.518. The van der Waals surface area contributed by atoms with Crippen LogP contribution in [-0.2, 0) is 4.79 Å². The van der Waals surface area contributed by atoms with E-state index < -0.39 is 30.0 Å². The van der Waals surface area contributed by atoms with Gasteiger partial charge in [-0.1, -0.05) is 13.8 Å². The van der Waals surface area contributed by atoms with Crippen molar-refractivity contribution in [1.82, 2.24) is 0 Å².